The lowest BCUT2D eigenvalue weighted by atomic mass is 9.84. The molecule has 0 aliphatic heterocycles. The third-order valence-electron chi connectivity index (χ3n) is 7.42. The van der Waals surface area contributed by atoms with Gasteiger partial charge in [0, 0.05) is 12.2 Å². The lowest BCUT2D eigenvalue weighted by Crippen LogP contribution is -2.54. The van der Waals surface area contributed by atoms with Crippen LogP contribution in [0, 0.1) is 0 Å². The van der Waals surface area contributed by atoms with Gasteiger partial charge in [0.25, 0.3) is 0 Å². The Morgan fingerprint density at radius 3 is 1.53 bits per heavy atom. The van der Waals surface area contributed by atoms with Crippen molar-refractivity contribution in [3.63, 3.8) is 0 Å². The molecule has 2 atom stereocenters. The number of benzene rings is 4. The van der Waals surface area contributed by atoms with Gasteiger partial charge in [0.1, 0.15) is 29.0 Å². The molecule has 0 saturated carbocycles. The maximum atomic E-state index is 14.0. The molecule has 258 valence electrons. The molecule has 3 N–H and O–H groups in total. The topological polar surface area (TPSA) is 114 Å². The summed E-state index contributed by atoms with van der Waals surface area (Å²) in [4.78, 5) is 39.5. The standard InChI is InChI=1S/C40H46N2O6S/c1-38(2,3)47-32-24-22-28(23-25-32)26-33(36(44)45)41-35(43)34(42-37(46)48-39(4,5)6)27-49-40(29-16-10-7-11-17-29,30-18-12-8-13-19-30)31-20-14-9-15-21-31/h7-25,33-34H,26-27H2,1-6H3,(H,41,43)(H,42,46)(H,44,45)/t33-,34-/m0/s1. The van der Waals surface area contributed by atoms with Crippen molar-refractivity contribution in [2.45, 2.75) is 76.0 Å². The first-order chi connectivity index (χ1) is 23.2. The number of nitrogens with one attached hydrogen (secondary N) is 2. The summed E-state index contributed by atoms with van der Waals surface area (Å²) in [6.07, 6.45) is -0.746. The molecule has 8 nitrogen and oxygen atoms in total. The zero-order valence-corrected chi connectivity index (χ0v) is 29.8. The fraction of sp³-hybridized carbons (Fsp3) is 0.325. The highest BCUT2D eigenvalue weighted by Crippen LogP contribution is 2.48. The molecule has 0 saturated heterocycles. The smallest absolute Gasteiger partial charge is 0.408 e. The largest absolute Gasteiger partial charge is 0.488 e. The number of thioether (sulfide) groups is 1. The Bertz CT molecular complexity index is 1570. The van der Waals surface area contributed by atoms with Gasteiger partial charge in [0.05, 0.1) is 4.75 Å². The van der Waals surface area contributed by atoms with Crippen molar-refractivity contribution in [1.82, 2.24) is 10.6 Å². The molecule has 0 aliphatic rings. The molecular weight excluding hydrogens is 637 g/mol. The van der Waals surface area contributed by atoms with E-state index >= 15 is 0 Å². The van der Waals surface area contributed by atoms with Gasteiger partial charge in [-0.2, -0.15) is 0 Å². The van der Waals surface area contributed by atoms with E-state index in [0.29, 0.717) is 11.3 Å². The van der Waals surface area contributed by atoms with Gasteiger partial charge in [-0.15, -0.1) is 11.8 Å². The van der Waals surface area contributed by atoms with Gasteiger partial charge in [0.15, 0.2) is 0 Å². The molecule has 0 aliphatic carbocycles. The second-order valence-corrected chi connectivity index (χ2v) is 15.0. The number of rotatable bonds is 13. The number of carboxylic acid groups (broad SMARTS) is 1. The molecular formula is C40H46N2O6S. The predicted molar refractivity (Wildman–Crippen MR) is 195 cm³/mol. The van der Waals surface area contributed by atoms with E-state index in [4.69, 9.17) is 9.47 Å². The number of hydrogen-bond acceptors (Lipinski definition) is 6. The lowest BCUT2D eigenvalue weighted by molar-refractivity contribution is -0.142. The van der Waals surface area contributed by atoms with Crippen molar-refractivity contribution in [2.24, 2.45) is 0 Å². The molecule has 0 unspecified atom stereocenters. The first-order valence-corrected chi connectivity index (χ1v) is 17.3. The summed E-state index contributed by atoms with van der Waals surface area (Å²) in [5, 5.41) is 15.6. The summed E-state index contributed by atoms with van der Waals surface area (Å²) >= 11 is 1.48. The second-order valence-electron chi connectivity index (χ2n) is 13.8. The van der Waals surface area contributed by atoms with Crippen LogP contribution in [-0.4, -0.2) is 52.1 Å². The minimum Gasteiger partial charge on any atom is -0.488 e. The summed E-state index contributed by atoms with van der Waals surface area (Å²) in [5.41, 5.74) is 2.46. The van der Waals surface area contributed by atoms with E-state index in [9.17, 15) is 19.5 Å². The van der Waals surface area contributed by atoms with Crippen LogP contribution in [0.25, 0.3) is 0 Å². The van der Waals surface area contributed by atoms with E-state index in [1.165, 1.54) is 11.8 Å². The zero-order valence-electron chi connectivity index (χ0n) is 28.9. The molecule has 0 aromatic heterocycles. The van der Waals surface area contributed by atoms with Crippen LogP contribution < -0.4 is 15.4 Å². The van der Waals surface area contributed by atoms with E-state index in [2.05, 4.69) is 10.6 Å². The van der Waals surface area contributed by atoms with Gasteiger partial charge in [-0.1, -0.05) is 103 Å². The van der Waals surface area contributed by atoms with Crippen LogP contribution in [0.3, 0.4) is 0 Å². The Labute approximate surface area is 293 Å². The number of amides is 2. The average molecular weight is 683 g/mol. The third-order valence-corrected chi connectivity index (χ3v) is 9.06. The molecule has 4 rings (SSSR count). The van der Waals surface area contributed by atoms with E-state index in [1.807, 2.05) is 112 Å². The minimum absolute atomic E-state index is 0.0329. The molecule has 0 fully saturated rings. The maximum Gasteiger partial charge on any atom is 0.408 e. The highest BCUT2D eigenvalue weighted by Gasteiger charge is 2.39. The van der Waals surface area contributed by atoms with Crippen LogP contribution in [0.15, 0.2) is 115 Å². The monoisotopic (exact) mass is 682 g/mol. The first-order valence-electron chi connectivity index (χ1n) is 16.3. The number of carboxylic acids is 1. The SMILES string of the molecule is CC(C)(C)OC(=O)N[C@@H](CSC(c1ccccc1)(c1ccccc1)c1ccccc1)C(=O)N[C@@H](Cc1ccc(OC(C)(C)C)cc1)C(=O)O. The number of carbonyl (C=O) groups is 3. The van der Waals surface area contributed by atoms with Crippen molar-refractivity contribution >= 4 is 29.7 Å². The fourth-order valence-electron chi connectivity index (χ4n) is 5.36. The van der Waals surface area contributed by atoms with Crippen molar-refractivity contribution in [3.05, 3.63) is 138 Å². The zero-order chi connectivity index (χ0) is 35.7. The predicted octanol–water partition coefficient (Wildman–Crippen LogP) is 7.59. The van der Waals surface area contributed by atoms with Crippen LogP contribution in [-0.2, 0) is 25.5 Å². The number of hydrogen-bond donors (Lipinski definition) is 3. The summed E-state index contributed by atoms with van der Waals surface area (Å²) < 4.78 is 10.6. The summed E-state index contributed by atoms with van der Waals surface area (Å²) in [5.74, 6) is -1.08. The van der Waals surface area contributed by atoms with E-state index in [-0.39, 0.29) is 17.8 Å². The summed E-state index contributed by atoms with van der Waals surface area (Å²) in [6.45, 7) is 11.0. The Balaban J connectivity index is 1.67. The van der Waals surface area contributed by atoms with Crippen LogP contribution in [0.5, 0.6) is 5.75 Å². The van der Waals surface area contributed by atoms with Crippen molar-refractivity contribution in [1.29, 1.82) is 0 Å². The van der Waals surface area contributed by atoms with Gasteiger partial charge in [-0.3, -0.25) is 4.79 Å². The first kappa shape index (κ1) is 37.1. The summed E-state index contributed by atoms with van der Waals surface area (Å²) in [7, 11) is 0. The molecule has 0 bridgehead atoms. The molecule has 0 radical (unpaired) electrons. The normalized spacial score (nSPS) is 13.1. The Kier molecular flexibility index (Phi) is 12.2. The molecule has 0 spiro atoms. The fourth-order valence-corrected chi connectivity index (χ4v) is 6.92. The Morgan fingerprint density at radius 1 is 0.653 bits per heavy atom. The number of alkyl carbamates (subject to hydrolysis) is 1. The Hall–Kier alpha value is -4.76. The Morgan fingerprint density at radius 2 is 1.12 bits per heavy atom. The van der Waals surface area contributed by atoms with Gasteiger partial charge in [-0.25, -0.2) is 9.59 Å². The highest BCUT2D eigenvalue weighted by atomic mass is 32.2. The highest BCUT2D eigenvalue weighted by molar-refractivity contribution is 8.00. The van der Waals surface area contributed by atoms with Crippen molar-refractivity contribution in [2.75, 3.05) is 5.75 Å². The van der Waals surface area contributed by atoms with Crippen LogP contribution in [0.2, 0.25) is 0 Å². The van der Waals surface area contributed by atoms with Crippen molar-refractivity contribution in [3.8, 4) is 5.75 Å². The molecule has 9 heteroatoms. The summed E-state index contributed by atoms with van der Waals surface area (Å²) in [6, 6.07) is 34.7. The molecule has 4 aromatic carbocycles. The minimum atomic E-state index is -1.25. The maximum absolute atomic E-state index is 14.0. The van der Waals surface area contributed by atoms with E-state index in [1.54, 1.807) is 45.0 Å². The van der Waals surface area contributed by atoms with Gasteiger partial charge in [0.2, 0.25) is 5.91 Å². The number of carbonyl (C=O) groups excluding carboxylic acids is 2. The van der Waals surface area contributed by atoms with Gasteiger partial charge >= 0.3 is 12.1 Å². The molecule has 0 heterocycles. The van der Waals surface area contributed by atoms with Gasteiger partial charge in [-0.05, 0) is 75.9 Å². The van der Waals surface area contributed by atoms with Crippen molar-refractivity contribution < 1.29 is 29.0 Å². The third kappa shape index (κ3) is 10.6. The molecule has 2 amide bonds. The number of aliphatic carboxylic acids is 1. The van der Waals surface area contributed by atoms with E-state index in [0.717, 1.165) is 16.7 Å². The lowest BCUT2D eigenvalue weighted by Gasteiger charge is -2.36. The molecule has 4 aromatic rings. The molecule has 49 heavy (non-hydrogen) atoms. The van der Waals surface area contributed by atoms with Crippen LogP contribution in [0.1, 0.15) is 63.8 Å². The van der Waals surface area contributed by atoms with Crippen LogP contribution in [0.4, 0.5) is 4.79 Å². The van der Waals surface area contributed by atoms with Gasteiger partial charge < -0.3 is 25.2 Å². The number of ether oxygens (including phenoxy) is 2. The second kappa shape index (κ2) is 16.1. The van der Waals surface area contributed by atoms with E-state index < -0.39 is 40.4 Å². The average Bonchev–Trinajstić information content (AvgIpc) is 3.05. The quantitative estimate of drug-likeness (QED) is 0.125. The van der Waals surface area contributed by atoms with Crippen LogP contribution >= 0.6 is 11.8 Å².